The van der Waals surface area contributed by atoms with Gasteiger partial charge in [-0.05, 0) is 44.7 Å². The Labute approximate surface area is 206 Å². The molecule has 0 spiro atoms. The number of likely N-dealkylation sites (tertiary alicyclic amines) is 1. The van der Waals surface area contributed by atoms with E-state index in [2.05, 4.69) is 10.6 Å². The zero-order valence-electron chi connectivity index (χ0n) is 20.5. The number of carbonyl (C=O) groups is 4. The van der Waals surface area contributed by atoms with E-state index in [1.807, 2.05) is 81.4 Å². The fraction of sp³-hybridized carbons (Fsp3) is 0.407. The largest absolute Gasteiger partial charge is 0.445 e. The number of ketones is 1. The van der Waals surface area contributed by atoms with E-state index in [0.717, 1.165) is 11.1 Å². The number of nitrogens with one attached hydrogen (secondary N) is 2. The van der Waals surface area contributed by atoms with Crippen LogP contribution >= 0.6 is 0 Å². The molecule has 1 saturated heterocycles. The molecule has 35 heavy (non-hydrogen) atoms. The van der Waals surface area contributed by atoms with E-state index < -0.39 is 35.4 Å². The summed E-state index contributed by atoms with van der Waals surface area (Å²) >= 11 is 0. The van der Waals surface area contributed by atoms with Gasteiger partial charge in [0.15, 0.2) is 0 Å². The Bertz CT molecular complexity index is 1030. The van der Waals surface area contributed by atoms with Gasteiger partial charge in [-0.15, -0.1) is 0 Å². The van der Waals surface area contributed by atoms with Gasteiger partial charge in [0.05, 0.1) is 0 Å². The maximum atomic E-state index is 13.3. The minimum atomic E-state index is -1.12. The molecule has 1 aliphatic heterocycles. The van der Waals surface area contributed by atoms with Gasteiger partial charge in [-0.25, -0.2) is 4.79 Å². The van der Waals surface area contributed by atoms with Crippen LogP contribution in [-0.2, 0) is 32.1 Å². The summed E-state index contributed by atoms with van der Waals surface area (Å²) in [5.74, 6) is -1.84. The molecule has 0 bridgehead atoms. The summed E-state index contributed by atoms with van der Waals surface area (Å²) in [5, 5.41) is 5.45. The Morgan fingerprint density at radius 2 is 1.57 bits per heavy atom. The molecule has 2 aromatic carbocycles. The van der Waals surface area contributed by atoms with E-state index in [0.29, 0.717) is 19.4 Å². The second-order valence-corrected chi connectivity index (χ2v) is 9.71. The lowest BCUT2D eigenvalue weighted by molar-refractivity contribution is -0.148. The average Bonchev–Trinajstić information content (AvgIpc) is 3.32. The van der Waals surface area contributed by atoms with Gasteiger partial charge in [0, 0.05) is 18.5 Å². The average molecular weight is 480 g/mol. The van der Waals surface area contributed by atoms with Crippen molar-refractivity contribution < 1.29 is 23.9 Å². The highest BCUT2D eigenvalue weighted by Gasteiger charge is 2.40. The molecule has 3 amide bonds. The molecular weight excluding hydrogens is 446 g/mol. The van der Waals surface area contributed by atoms with Crippen molar-refractivity contribution in [3.8, 4) is 0 Å². The number of alkyl carbamates (subject to hydrolysis) is 1. The third kappa shape index (κ3) is 7.67. The minimum absolute atomic E-state index is 0.0358. The highest BCUT2D eigenvalue weighted by molar-refractivity contribution is 6.38. The molecular formula is C27H33N3O5. The number of hydrogen-bond acceptors (Lipinski definition) is 5. The molecule has 3 rings (SSSR count). The van der Waals surface area contributed by atoms with Gasteiger partial charge in [0.25, 0.3) is 5.91 Å². The quantitative estimate of drug-likeness (QED) is 0.567. The minimum Gasteiger partial charge on any atom is -0.445 e. The van der Waals surface area contributed by atoms with Crippen LogP contribution < -0.4 is 10.6 Å². The van der Waals surface area contributed by atoms with Gasteiger partial charge in [0.2, 0.25) is 11.7 Å². The van der Waals surface area contributed by atoms with Gasteiger partial charge in [-0.1, -0.05) is 60.7 Å². The SMILES string of the molecule is CC(C)(C)NC(=O)[C@@H]1CCCN1C(=O)C(=O)[C@H](Cc1ccccc1)NC(=O)OCc1ccccc1. The fourth-order valence-corrected chi connectivity index (χ4v) is 3.99. The first-order chi connectivity index (χ1) is 16.6. The second kappa shape index (κ2) is 11.6. The van der Waals surface area contributed by atoms with Crippen LogP contribution in [-0.4, -0.2) is 52.8 Å². The van der Waals surface area contributed by atoms with Crippen molar-refractivity contribution in [2.24, 2.45) is 0 Å². The lowest BCUT2D eigenvalue weighted by atomic mass is 10.0. The van der Waals surface area contributed by atoms with Crippen molar-refractivity contribution in [3.05, 3.63) is 71.8 Å². The van der Waals surface area contributed by atoms with Crippen LogP contribution in [0.25, 0.3) is 0 Å². The summed E-state index contributed by atoms with van der Waals surface area (Å²) in [6.45, 7) is 5.92. The summed E-state index contributed by atoms with van der Waals surface area (Å²) in [5.41, 5.74) is 1.12. The summed E-state index contributed by atoms with van der Waals surface area (Å²) in [4.78, 5) is 53.1. The molecule has 0 aliphatic carbocycles. The van der Waals surface area contributed by atoms with Crippen LogP contribution in [0.3, 0.4) is 0 Å². The Morgan fingerprint density at radius 3 is 2.17 bits per heavy atom. The fourth-order valence-electron chi connectivity index (χ4n) is 3.99. The zero-order chi connectivity index (χ0) is 25.4. The molecule has 2 atom stereocenters. The van der Waals surface area contributed by atoms with E-state index in [1.165, 1.54) is 4.90 Å². The van der Waals surface area contributed by atoms with Crippen molar-refractivity contribution >= 4 is 23.7 Å². The molecule has 0 aromatic heterocycles. The lowest BCUT2D eigenvalue weighted by Gasteiger charge is -2.29. The molecule has 0 radical (unpaired) electrons. The molecule has 8 heteroatoms. The number of hydrogen-bond donors (Lipinski definition) is 2. The van der Waals surface area contributed by atoms with E-state index >= 15 is 0 Å². The van der Waals surface area contributed by atoms with Crippen LogP contribution in [0, 0.1) is 0 Å². The molecule has 2 N–H and O–H groups in total. The van der Waals surface area contributed by atoms with Gasteiger partial charge in [-0.2, -0.15) is 0 Å². The third-order valence-electron chi connectivity index (χ3n) is 5.63. The Balaban J connectivity index is 1.71. The zero-order valence-corrected chi connectivity index (χ0v) is 20.5. The molecule has 1 aliphatic rings. The molecule has 8 nitrogen and oxygen atoms in total. The van der Waals surface area contributed by atoms with Crippen molar-refractivity contribution in [1.82, 2.24) is 15.5 Å². The van der Waals surface area contributed by atoms with Crippen molar-refractivity contribution in [1.29, 1.82) is 0 Å². The number of carbonyl (C=O) groups excluding carboxylic acids is 4. The first-order valence-corrected chi connectivity index (χ1v) is 11.8. The number of nitrogens with zero attached hydrogens (tertiary/aromatic N) is 1. The van der Waals surface area contributed by atoms with E-state index in [1.54, 1.807) is 0 Å². The number of Topliss-reactive ketones (excluding diaryl/α,β-unsaturated/α-hetero) is 1. The van der Waals surface area contributed by atoms with Gasteiger partial charge >= 0.3 is 6.09 Å². The molecule has 0 unspecified atom stereocenters. The van der Waals surface area contributed by atoms with E-state index in [4.69, 9.17) is 4.74 Å². The summed E-state index contributed by atoms with van der Waals surface area (Å²) in [6, 6.07) is 16.4. The smallest absolute Gasteiger partial charge is 0.408 e. The maximum Gasteiger partial charge on any atom is 0.408 e. The van der Waals surface area contributed by atoms with Gasteiger partial charge in [0.1, 0.15) is 18.7 Å². The summed E-state index contributed by atoms with van der Waals surface area (Å²) < 4.78 is 5.27. The normalized spacial score (nSPS) is 16.3. The van der Waals surface area contributed by atoms with Crippen LogP contribution in [0.4, 0.5) is 4.79 Å². The highest BCUT2D eigenvalue weighted by atomic mass is 16.5. The molecule has 0 saturated carbocycles. The van der Waals surface area contributed by atoms with Crippen LogP contribution in [0.5, 0.6) is 0 Å². The summed E-state index contributed by atoms with van der Waals surface area (Å²) in [7, 11) is 0. The first-order valence-electron chi connectivity index (χ1n) is 11.8. The van der Waals surface area contributed by atoms with Crippen LogP contribution in [0.2, 0.25) is 0 Å². The first kappa shape index (κ1) is 25.9. The predicted molar refractivity (Wildman–Crippen MR) is 131 cm³/mol. The van der Waals surface area contributed by atoms with Gasteiger partial charge in [-0.3, -0.25) is 14.4 Å². The molecule has 186 valence electrons. The Kier molecular flexibility index (Phi) is 8.63. The number of ether oxygens (including phenoxy) is 1. The van der Waals surface area contributed by atoms with Crippen molar-refractivity contribution in [3.63, 3.8) is 0 Å². The van der Waals surface area contributed by atoms with Crippen LogP contribution in [0.15, 0.2) is 60.7 Å². The molecule has 1 fully saturated rings. The Morgan fingerprint density at radius 1 is 0.971 bits per heavy atom. The highest BCUT2D eigenvalue weighted by Crippen LogP contribution is 2.20. The topological polar surface area (TPSA) is 105 Å². The van der Waals surface area contributed by atoms with Crippen molar-refractivity contribution in [2.75, 3.05) is 6.54 Å². The standard InChI is InChI=1S/C27H33N3O5/c1-27(2,3)29-24(32)22-15-10-16-30(22)25(33)23(31)21(17-19-11-6-4-7-12-19)28-26(34)35-18-20-13-8-5-9-14-20/h4-9,11-14,21-22H,10,15-18H2,1-3H3,(H,28,34)(H,29,32)/t21-,22-/m0/s1. The second-order valence-electron chi connectivity index (χ2n) is 9.71. The van der Waals surface area contributed by atoms with E-state index in [-0.39, 0.29) is 18.9 Å². The predicted octanol–water partition coefficient (Wildman–Crippen LogP) is 3.00. The number of rotatable bonds is 8. The monoisotopic (exact) mass is 479 g/mol. The van der Waals surface area contributed by atoms with Crippen LogP contribution in [0.1, 0.15) is 44.7 Å². The van der Waals surface area contributed by atoms with Gasteiger partial charge < -0.3 is 20.3 Å². The number of amides is 3. The Hall–Kier alpha value is -3.68. The maximum absolute atomic E-state index is 13.3. The third-order valence-corrected chi connectivity index (χ3v) is 5.63. The molecule has 1 heterocycles. The lowest BCUT2D eigenvalue weighted by Crippen LogP contribution is -2.55. The van der Waals surface area contributed by atoms with Crippen molar-refractivity contribution in [2.45, 2.75) is 64.3 Å². The molecule has 2 aromatic rings. The van der Waals surface area contributed by atoms with E-state index in [9.17, 15) is 19.2 Å². The number of benzene rings is 2. The summed E-state index contributed by atoms with van der Waals surface area (Å²) in [6.07, 6.45) is 0.436.